The van der Waals surface area contributed by atoms with E-state index in [1.165, 1.54) is 11.9 Å². The van der Waals surface area contributed by atoms with Gasteiger partial charge < -0.3 is 14.6 Å². The molecule has 0 aliphatic carbocycles. The number of carboxylic acids is 1. The maximum Gasteiger partial charge on any atom is 0.323 e. The second kappa shape index (κ2) is 5.39. The summed E-state index contributed by atoms with van der Waals surface area (Å²) in [6.07, 6.45) is 3.76. The smallest absolute Gasteiger partial charge is 0.323 e. The van der Waals surface area contributed by atoms with Crippen LogP contribution in [0.2, 0.25) is 0 Å². The maximum atomic E-state index is 12.1. The van der Waals surface area contributed by atoms with Crippen LogP contribution in [0.3, 0.4) is 0 Å². The summed E-state index contributed by atoms with van der Waals surface area (Å²) in [6.45, 7) is -0.313. The molecule has 98 valence electrons. The van der Waals surface area contributed by atoms with Crippen molar-refractivity contribution in [2.75, 3.05) is 13.6 Å². The Kier molecular flexibility index (Phi) is 3.66. The highest BCUT2D eigenvalue weighted by atomic mass is 16.4. The molecule has 0 aliphatic rings. The third kappa shape index (κ3) is 3.01. The third-order valence-electron chi connectivity index (χ3n) is 2.71. The van der Waals surface area contributed by atoms with E-state index in [2.05, 4.69) is 0 Å². The summed E-state index contributed by atoms with van der Waals surface area (Å²) in [5.41, 5.74) is 1.33. The lowest BCUT2D eigenvalue weighted by Gasteiger charge is -2.15. The zero-order chi connectivity index (χ0) is 13.8. The monoisotopic (exact) mass is 258 g/mol. The summed E-state index contributed by atoms with van der Waals surface area (Å²) in [5, 5.41) is 8.69. The van der Waals surface area contributed by atoms with Crippen molar-refractivity contribution in [2.24, 2.45) is 0 Å². The van der Waals surface area contributed by atoms with E-state index in [1.807, 2.05) is 35.2 Å². The first-order chi connectivity index (χ1) is 9.08. The third-order valence-corrected chi connectivity index (χ3v) is 2.71. The molecular weight excluding hydrogens is 244 g/mol. The molecule has 0 radical (unpaired) electrons. The average molecular weight is 258 g/mol. The van der Waals surface area contributed by atoms with Crippen LogP contribution in [0.25, 0.3) is 5.69 Å². The van der Waals surface area contributed by atoms with Gasteiger partial charge in [-0.05, 0) is 30.3 Å². The molecule has 1 heterocycles. The Balaban J connectivity index is 2.24. The summed E-state index contributed by atoms with van der Waals surface area (Å²) < 4.78 is 1.88. The highest BCUT2D eigenvalue weighted by Gasteiger charge is 2.14. The molecule has 0 fully saturated rings. The highest BCUT2D eigenvalue weighted by Crippen LogP contribution is 2.12. The number of nitrogens with zero attached hydrogens (tertiary/aromatic N) is 2. The molecule has 1 amide bonds. The predicted octanol–water partition coefficient (Wildman–Crippen LogP) is 1.63. The Morgan fingerprint density at radius 3 is 2.53 bits per heavy atom. The minimum absolute atomic E-state index is 0.309. The first-order valence-corrected chi connectivity index (χ1v) is 5.78. The van der Waals surface area contributed by atoms with E-state index in [-0.39, 0.29) is 12.5 Å². The van der Waals surface area contributed by atoms with Crippen LogP contribution in [-0.2, 0) is 4.79 Å². The number of likely N-dealkylation sites (N-methyl/N-ethyl adjacent to an activating group) is 1. The van der Waals surface area contributed by atoms with Crippen LogP contribution in [0.4, 0.5) is 0 Å². The van der Waals surface area contributed by atoms with Gasteiger partial charge in [-0.2, -0.15) is 0 Å². The summed E-state index contributed by atoms with van der Waals surface area (Å²) in [7, 11) is 1.47. The molecule has 0 unspecified atom stereocenters. The lowest BCUT2D eigenvalue weighted by atomic mass is 10.1. The van der Waals surface area contributed by atoms with Gasteiger partial charge in [0.2, 0.25) is 0 Å². The fourth-order valence-corrected chi connectivity index (χ4v) is 1.80. The van der Waals surface area contributed by atoms with Crippen LogP contribution in [0.5, 0.6) is 0 Å². The SMILES string of the molecule is CN(CC(=O)O)C(=O)c1cccc(-n2cccc2)c1. The minimum Gasteiger partial charge on any atom is -0.480 e. The van der Waals surface area contributed by atoms with Crippen LogP contribution < -0.4 is 0 Å². The zero-order valence-corrected chi connectivity index (χ0v) is 10.5. The van der Waals surface area contributed by atoms with Gasteiger partial charge >= 0.3 is 5.97 Å². The molecule has 5 nitrogen and oxygen atoms in total. The van der Waals surface area contributed by atoms with Gasteiger partial charge in [0, 0.05) is 30.7 Å². The Labute approximate surface area is 110 Å². The van der Waals surface area contributed by atoms with Gasteiger partial charge in [-0.1, -0.05) is 6.07 Å². The summed E-state index contributed by atoms with van der Waals surface area (Å²) >= 11 is 0. The van der Waals surface area contributed by atoms with Crippen molar-refractivity contribution in [1.29, 1.82) is 0 Å². The normalized spacial score (nSPS) is 10.2. The molecule has 0 atom stereocenters. The Morgan fingerprint density at radius 1 is 1.21 bits per heavy atom. The lowest BCUT2D eigenvalue weighted by Crippen LogP contribution is -2.31. The van der Waals surface area contributed by atoms with E-state index in [0.717, 1.165) is 5.69 Å². The van der Waals surface area contributed by atoms with Crippen molar-refractivity contribution in [3.63, 3.8) is 0 Å². The Bertz CT molecular complexity index is 590. The number of rotatable bonds is 4. The first kappa shape index (κ1) is 12.9. The number of aromatic nitrogens is 1. The fourth-order valence-electron chi connectivity index (χ4n) is 1.80. The molecule has 5 heteroatoms. The Hall–Kier alpha value is -2.56. The summed E-state index contributed by atoms with van der Waals surface area (Å²) in [5.74, 6) is -1.34. The highest BCUT2D eigenvalue weighted by molar-refractivity contribution is 5.96. The predicted molar refractivity (Wildman–Crippen MR) is 70.4 cm³/mol. The van der Waals surface area contributed by atoms with E-state index in [4.69, 9.17) is 5.11 Å². The minimum atomic E-state index is -1.03. The van der Waals surface area contributed by atoms with E-state index in [0.29, 0.717) is 5.56 Å². The standard InChI is InChI=1S/C14H14N2O3/c1-15(10-13(17)18)14(19)11-5-4-6-12(9-11)16-7-2-3-8-16/h2-9H,10H2,1H3,(H,17,18). The van der Waals surface area contributed by atoms with Crippen LogP contribution in [-0.4, -0.2) is 40.0 Å². The fraction of sp³-hybridized carbons (Fsp3) is 0.143. The van der Waals surface area contributed by atoms with Gasteiger partial charge in [-0.15, -0.1) is 0 Å². The molecule has 19 heavy (non-hydrogen) atoms. The second-order valence-electron chi connectivity index (χ2n) is 4.20. The average Bonchev–Trinajstić information content (AvgIpc) is 2.91. The molecule has 0 saturated heterocycles. The van der Waals surface area contributed by atoms with Crippen molar-refractivity contribution >= 4 is 11.9 Å². The number of hydrogen-bond donors (Lipinski definition) is 1. The number of benzene rings is 1. The van der Waals surface area contributed by atoms with Gasteiger partial charge in [-0.3, -0.25) is 9.59 Å². The van der Waals surface area contributed by atoms with E-state index in [9.17, 15) is 9.59 Å². The molecule has 1 aromatic carbocycles. The van der Waals surface area contributed by atoms with Crippen LogP contribution in [0.15, 0.2) is 48.8 Å². The molecule has 0 bridgehead atoms. The van der Waals surface area contributed by atoms with E-state index < -0.39 is 5.97 Å². The van der Waals surface area contributed by atoms with Crippen LogP contribution in [0, 0.1) is 0 Å². The summed E-state index contributed by atoms with van der Waals surface area (Å²) in [4.78, 5) is 23.8. The number of carbonyl (C=O) groups is 2. The quantitative estimate of drug-likeness (QED) is 0.906. The molecule has 0 saturated carbocycles. The molecular formula is C14H14N2O3. The lowest BCUT2D eigenvalue weighted by molar-refractivity contribution is -0.137. The second-order valence-corrected chi connectivity index (χ2v) is 4.20. The molecule has 1 aromatic heterocycles. The van der Waals surface area contributed by atoms with E-state index >= 15 is 0 Å². The number of carbonyl (C=O) groups excluding carboxylic acids is 1. The molecule has 1 N–H and O–H groups in total. The first-order valence-electron chi connectivity index (χ1n) is 5.78. The van der Waals surface area contributed by atoms with Crippen molar-refractivity contribution in [3.8, 4) is 5.69 Å². The van der Waals surface area contributed by atoms with Crippen molar-refractivity contribution < 1.29 is 14.7 Å². The molecule has 0 aliphatic heterocycles. The van der Waals surface area contributed by atoms with Gasteiger partial charge in [-0.25, -0.2) is 0 Å². The van der Waals surface area contributed by atoms with Crippen molar-refractivity contribution in [2.45, 2.75) is 0 Å². The van der Waals surface area contributed by atoms with Crippen molar-refractivity contribution in [3.05, 3.63) is 54.4 Å². The Morgan fingerprint density at radius 2 is 1.89 bits per heavy atom. The number of hydrogen-bond acceptors (Lipinski definition) is 2. The topological polar surface area (TPSA) is 62.5 Å². The van der Waals surface area contributed by atoms with Crippen molar-refractivity contribution in [1.82, 2.24) is 9.47 Å². The van der Waals surface area contributed by atoms with Gasteiger partial charge in [0.05, 0.1) is 0 Å². The number of carboxylic acid groups (broad SMARTS) is 1. The zero-order valence-electron chi connectivity index (χ0n) is 10.5. The van der Waals surface area contributed by atoms with Gasteiger partial charge in [0.1, 0.15) is 6.54 Å². The molecule has 0 spiro atoms. The van der Waals surface area contributed by atoms with Crippen LogP contribution >= 0.6 is 0 Å². The largest absolute Gasteiger partial charge is 0.480 e. The van der Waals surface area contributed by atoms with Gasteiger partial charge in [0.15, 0.2) is 0 Å². The molecule has 2 rings (SSSR count). The van der Waals surface area contributed by atoms with Crippen LogP contribution in [0.1, 0.15) is 10.4 Å². The van der Waals surface area contributed by atoms with Gasteiger partial charge in [0.25, 0.3) is 5.91 Å². The van der Waals surface area contributed by atoms with E-state index in [1.54, 1.807) is 18.2 Å². The maximum absolute atomic E-state index is 12.1. The molecule has 2 aromatic rings. The number of aliphatic carboxylic acids is 1. The number of amides is 1. The summed E-state index contributed by atoms with van der Waals surface area (Å²) in [6, 6.07) is 10.9.